The van der Waals surface area contributed by atoms with Gasteiger partial charge < -0.3 is 9.84 Å². The molecule has 0 heterocycles. The van der Waals surface area contributed by atoms with E-state index in [-0.39, 0.29) is 12.6 Å². The van der Waals surface area contributed by atoms with Crippen LogP contribution in [0.5, 0.6) is 0 Å². The molecule has 0 rings (SSSR count). The average molecular weight is 246 g/mol. The Kier molecular flexibility index (Phi) is 19.7. The molecule has 3 nitrogen and oxygen atoms in total. The maximum absolute atomic E-state index is 10.6. The smallest absolute Gasteiger partial charge is 0.305 e. The van der Waals surface area contributed by atoms with Gasteiger partial charge in [-0.2, -0.15) is 0 Å². The zero-order valence-corrected chi connectivity index (χ0v) is 11.8. The lowest BCUT2D eigenvalue weighted by molar-refractivity contribution is -0.143. The second-order valence-electron chi connectivity index (χ2n) is 4.05. The molecule has 0 saturated heterocycles. The Morgan fingerprint density at radius 3 is 1.94 bits per heavy atom. The van der Waals surface area contributed by atoms with Gasteiger partial charge in [-0.25, -0.2) is 0 Å². The SMILES string of the molecule is CCCCCCC.CCOC(=O)CCCCO. The van der Waals surface area contributed by atoms with Crippen molar-refractivity contribution in [2.24, 2.45) is 0 Å². The second-order valence-corrected chi connectivity index (χ2v) is 4.05. The number of unbranched alkanes of at least 4 members (excludes halogenated alkanes) is 5. The lowest BCUT2D eigenvalue weighted by atomic mass is 10.2. The molecule has 17 heavy (non-hydrogen) atoms. The molecule has 0 aromatic carbocycles. The molecule has 0 saturated carbocycles. The lowest BCUT2D eigenvalue weighted by Crippen LogP contribution is -2.03. The Labute approximate surface area is 107 Å². The van der Waals surface area contributed by atoms with Gasteiger partial charge in [-0.05, 0) is 19.8 Å². The van der Waals surface area contributed by atoms with Crippen LogP contribution < -0.4 is 0 Å². The minimum Gasteiger partial charge on any atom is -0.466 e. The molecule has 0 atom stereocenters. The summed E-state index contributed by atoms with van der Waals surface area (Å²) in [5.74, 6) is -0.170. The highest BCUT2D eigenvalue weighted by atomic mass is 16.5. The monoisotopic (exact) mass is 246 g/mol. The van der Waals surface area contributed by atoms with Gasteiger partial charge in [-0.1, -0.05) is 46.0 Å². The van der Waals surface area contributed by atoms with Crippen LogP contribution in [0.3, 0.4) is 0 Å². The molecule has 0 aromatic heterocycles. The van der Waals surface area contributed by atoms with E-state index in [0.717, 1.165) is 6.42 Å². The van der Waals surface area contributed by atoms with E-state index in [1.54, 1.807) is 6.92 Å². The van der Waals surface area contributed by atoms with Crippen molar-refractivity contribution in [3.63, 3.8) is 0 Å². The molecule has 3 heteroatoms. The zero-order valence-electron chi connectivity index (χ0n) is 11.8. The number of carbonyl (C=O) groups is 1. The van der Waals surface area contributed by atoms with E-state index < -0.39 is 0 Å². The van der Waals surface area contributed by atoms with E-state index in [2.05, 4.69) is 18.6 Å². The van der Waals surface area contributed by atoms with Crippen LogP contribution in [0.2, 0.25) is 0 Å². The summed E-state index contributed by atoms with van der Waals surface area (Å²) < 4.78 is 4.67. The van der Waals surface area contributed by atoms with Crippen molar-refractivity contribution in [2.75, 3.05) is 13.2 Å². The maximum atomic E-state index is 10.6. The van der Waals surface area contributed by atoms with Crippen molar-refractivity contribution < 1.29 is 14.6 Å². The van der Waals surface area contributed by atoms with Crippen molar-refractivity contribution in [2.45, 2.75) is 72.1 Å². The van der Waals surface area contributed by atoms with Crippen LogP contribution in [0.15, 0.2) is 0 Å². The van der Waals surface area contributed by atoms with Gasteiger partial charge in [0.2, 0.25) is 0 Å². The summed E-state index contributed by atoms with van der Waals surface area (Å²) in [6.07, 6.45) is 8.83. The van der Waals surface area contributed by atoms with Gasteiger partial charge in [0.25, 0.3) is 0 Å². The van der Waals surface area contributed by atoms with Gasteiger partial charge in [-0.3, -0.25) is 4.79 Å². The van der Waals surface area contributed by atoms with Crippen molar-refractivity contribution in [1.29, 1.82) is 0 Å². The molecule has 0 aliphatic carbocycles. The standard InChI is InChI=1S/C7H14O3.C7H16/c1-2-10-7(9)5-3-4-6-8;1-3-5-7-6-4-2/h8H,2-6H2,1H3;3-7H2,1-2H3. The third-order valence-electron chi connectivity index (χ3n) is 2.30. The average Bonchev–Trinajstić information content (AvgIpc) is 2.31. The Balaban J connectivity index is 0. The van der Waals surface area contributed by atoms with Crippen LogP contribution in [0.1, 0.15) is 72.1 Å². The molecule has 0 fully saturated rings. The fourth-order valence-corrected chi connectivity index (χ4v) is 1.29. The van der Waals surface area contributed by atoms with Gasteiger partial charge in [0.1, 0.15) is 0 Å². The number of aliphatic hydroxyl groups excluding tert-OH is 1. The number of hydrogen-bond acceptors (Lipinski definition) is 3. The topological polar surface area (TPSA) is 46.5 Å². The van der Waals surface area contributed by atoms with Crippen molar-refractivity contribution in [1.82, 2.24) is 0 Å². The summed E-state index contributed by atoms with van der Waals surface area (Å²) in [5.41, 5.74) is 0. The molecule has 0 bridgehead atoms. The van der Waals surface area contributed by atoms with Crippen molar-refractivity contribution >= 4 is 5.97 Å². The fraction of sp³-hybridized carbons (Fsp3) is 0.929. The number of hydrogen-bond donors (Lipinski definition) is 1. The highest BCUT2D eigenvalue weighted by Crippen LogP contribution is 2.00. The highest BCUT2D eigenvalue weighted by Gasteiger charge is 1.98. The van der Waals surface area contributed by atoms with Gasteiger partial charge >= 0.3 is 5.97 Å². The van der Waals surface area contributed by atoms with Crippen molar-refractivity contribution in [3.8, 4) is 0 Å². The first kappa shape index (κ1) is 18.8. The van der Waals surface area contributed by atoms with E-state index in [0.29, 0.717) is 19.4 Å². The van der Waals surface area contributed by atoms with Crippen molar-refractivity contribution in [3.05, 3.63) is 0 Å². The van der Waals surface area contributed by atoms with Gasteiger partial charge in [0.15, 0.2) is 0 Å². The molecule has 0 aromatic rings. The van der Waals surface area contributed by atoms with E-state index in [4.69, 9.17) is 5.11 Å². The third-order valence-corrected chi connectivity index (χ3v) is 2.30. The van der Waals surface area contributed by atoms with Crippen LogP contribution >= 0.6 is 0 Å². The van der Waals surface area contributed by atoms with Gasteiger partial charge in [0.05, 0.1) is 6.61 Å². The summed E-state index contributed by atoms with van der Waals surface area (Å²) >= 11 is 0. The lowest BCUT2D eigenvalue weighted by Gasteiger charge is -1.98. The summed E-state index contributed by atoms with van der Waals surface area (Å²) in [7, 11) is 0. The Bertz CT molecular complexity index is 142. The molecular formula is C14H30O3. The zero-order chi connectivity index (χ0) is 13.4. The number of ether oxygens (including phenoxy) is 1. The summed E-state index contributed by atoms with van der Waals surface area (Å²) in [6.45, 7) is 6.87. The molecule has 0 radical (unpaired) electrons. The largest absolute Gasteiger partial charge is 0.466 e. The van der Waals surface area contributed by atoms with E-state index in [9.17, 15) is 4.79 Å². The van der Waals surface area contributed by atoms with Crippen LogP contribution in [0, 0.1) is 0 Å². The molecule has 0 unspecified atom stereocenters. The summed E-state index contributed by atoms with van der Waals surface area (Å²) in [4.78, 5) is 10.6. The Morgan fingerprint density at radius 2 is 1.53 bits per heavy atom. The minimum absolute atomic E-state index is 0.152. The predicted molar refractivity (Wildman–Crippen MR) is 72.0 cm³/mol. The number of aliphatic hydroxyl groups is 1. The fourth-order valence-electron chi connectivity index (χ4n) is 1.29. The minimum atomic E-state index is -0.170. The first-order valence-electron chi connectivity index (χ1n) is 6.99. The predicted octanol–water partition coefficient (Wildman–Crippen LogP) is 3.69. The molecule has 0 aliphatic rings. The molecule has 0 aliphatic heterocycles. The second kappa shape index (κ2) is 17.8. The molecule has 0 spiro atoms. The molecule has 104 valence electrons. The van der Waals surface area contributed by atoms with Crippen LogP contribution in [-0.4, -0.2) is 24.3 Å². The third kappa shape index (κ3) is 21.3. The number of esters is 1. The normalized spacial score (nSPS) is 9.41. The molecule has 0 amide bonds. The Morgan fingerprint density at radius 1 is 0.941 bits per heavy atom. The molecule has 1 N–H and O–H groups in total. The van der Waals surface area contributed by atoms with E-state index in [1.807, 2.05) is 0 Å². The quantitative estimate of drug-likeness (QED) is 0.498. The maximum Gasteiger partial charge on any atom is 0.305 e. The van der Waals surface area contributed by atoms with E-state index >= 15 is 0 Å². The van der Waals surface area contributed by atoms with E-state index in [1.165, 1.54) is 32.1 Å². The highest BCUT2D eigenvalue weighted by molar-refractivity contribution is 5.69. The van der Waals surface area contributed by atoms with Crippen LogP contribution in [-0.2, 0) is 9.53 Å². The first-order valence-corrected chi connectivity index (χ1v) is 6.99. The van der Waals surface area contributed by atoms with Gasteiger partial charge in [-0.15, -0.1) is 0 Å². The summed E-state index contributed by atoms with van der Waals surface area (Å²) in [6, 6.07) is 0. The first-order chi connectivity index (χ1) is 8.22. The summed E-state index contributed by atoms with van der Waals surface area (Å²) in [5, 5.41) is 8.36. The van der Waals surface area contributed by atoms with Crippen LogP contribution in [0.4, 0.5) is 0 Å². The number of carbonyl (C=O) groups excluding carboxylic acids is 1. The Hall–Kier alpha value is -0.570. The van der Waals surface area contributed by atoms with Gasteiger partial charge in [0, 0.05) is 13.0 Å². The molecular weight excluding hydrogens is 216 g/mol. The van der Waals surface area contributed by atoms with Crippen LogP contribution in [0.25, 0.3) is 0 Å². The number of rotatable bonds is 9.